The molecule has 2 saturated heterocycles. The molecule has 0 bridgehead atoms. The molecule has 178 valence electrons. The molecule has 10 heteroatoms. The number of piperazine rings is 1. The van der Waals surface area contributed by atoms with Crippen molar-refractivity contribution in [3.63, 3.8) is 0 Å². The number of benzene rings is 1. The maximum absolute atomic E-state index is 12.8. The molecular formula is C23H31N5O4S. The third kappa shape index (κ3) is 5.44. The fraction of sp³-hybridized carbons (Fsp3) is 0.522. The number of ether oxygens (including phenoxy) is 1. The molecule has 0 unspecified atom stereocenters. The third-order valence-electron chi connectivity index (χ3n) is 6.16. The van der Waals surface area contributed by atoms with Crippen LogP contribution in [0.4, 0.5) is 11.6 Å². The maximum Gasteiger partial charge on any atom is 0.227 e. The molecule has 2 fully saturated rings. The van der Waals surface area contributed by atoms with Gasteiger partial charge in [-0.3, -0.25) is 4.79 Å². The summed E-state index contributed by atoms with van der Waals surface area (Å²) in [5, 5.41) is 8.30. The number of sulfone groups is 1. The number of hydrogen-bond acceptors (Lipinski definition) is 8. The average Bonchev–Trinajstić information content (AvgIpc) is 2.85. The third-order valence-corrected chi connectivity index (χ3v) is 8.33. The summed E-state index contributed by atoms with van der Waals surface area (Å²) in [5.41, 5.74) is 0.815. The maximum atomic E-state index is 12.8. The van der Waals surface area contributed by atoms with E-state index in [1.807, 2.05) is 17.0 Å². The summed E-state index contributed by atoms with van der Waals surface area (Å²) < 4.78 is 29.9. The lowest BCUT2D eigenvalue weighted by Gasteiger charge is -2.35. The van der Waals surface area contributed by atoms with Gasteiger partial charge in [-0.15, -0.1) is 10.2 Å². The van der Waals surface area contributed by atoms with Gasteiger partial charge in [-0.1, -0.05) is 12.1 Å². The van der Waals surface area contributed by atoms with Gasteiger partial charge in [-0.05, 0) is 43.7 Å². The van der Waals surface area contributed by atoms with Gasteiger partial charge in [-0.2, -0.15) is 0 Å². The first kappa shape index (κ1) is 23.4. The van der Waals surface area contributed by atoms with E-state index in [-0.39, 0.29) is 12.3 Å². The van der Waals surface area contributed by atoms with Gasteiger partial charge in [0.1, 0.15) is 0 Å². The first-order valence-electron chi connectivity index (χ1n) is 11.4. The van der Waals surface area contributed by atoms with Gasteiger partial charge in [0.15, 0.2) is 21.5 Å². The monoisotopic (exact) mass is 473 g/mol. The van der Waals surface area contributed by atoms with Crippen LogP contribution in [0.15, 0.2) is 41.3 Å². The van der Waals surface area contributed by atoms with Crippen molar-refractivity contribution in [3.8, 4) is 0 Å². The molecule has 0 radical (unpaired) electrons. The zero-order chi connectivity index (χ0) is 23.4. The van der Waals surface area contributed by atoms with Crippen LogP contribution in [0.3, 0.4) is 0 Å². The quantitative estimate of drug-likeness (QED) is 0.621. The van der Waals surface area contributed by atoms with Crippen LogP contribution in [0.1, 0.15) is 19.4 Å². The van der Waals surface area contributed by atoms with Crippen LogP contribution < -0.4 is 9.80 Å². The smallest absolute Gasteiger partial charge is 0.227 e. The minimum atomic E-state index is -3.30. The second kappa shape index (κ2) is 10.0. The van der Waals surface area contributed by atoms with Crippen LogP contribution in [0, 0.1) is 0 Å². The predicted molar refractivity (Wildman–Crippen MR) is 126 cm³/mol. The summed E-state index contributed by atoms with van der Waals surface area (Å²) in [4.78, 5) is 19.2. The highest BCUT2D eigenvalue weighted by Crippen LogP contribution is 2.19. The first-order valence-corrected chi connectivity index (χ1v) is 12.9. The predicted octanol–water partition coefficient (Wildman–Crippen LogP) is 1.39. The Morgan fingerprint density at radius 2 is 1.42 bits per heavy atom. The van der Waals surface area contributed by atoms with E-state index in [1.54, 1.807) is 38.1 Å². The van der Waals surface area contributed by atoms with Crippen molar-refractivity contribution in [3.05, 3.63) is 42.0 Å². The van der Waals surface area contributed by atoms with Gasteiger partial charge in [0.25, 0.3) is 0 Å². The van der Waals surface area contributed by atoms with Crippen molar-refractivity contribution >= 4 is 27.4 Å². The fourth-order valence-corrected chi connectivity index (χ4v) is 5.05. The van der Waals surface area contributed by atoms with Gasteiger partial charge in [0, 0.05) is 39.3 Å². The van der Waals surface area contributed by atoms with E-state index in [4.69, 9.17) is 4.74 Å². The largest absolute Gasteiger partial charge is 0.378 e. The van der Waals surface area contributed by atoms with E-state index < -0.39 is 15.1 Å². The number of carbonyl (C=O) groups excluding carboxylic acids is 1. The number of anilines is 2. The van der Waals surface area contributed by atoms with Gasteiger partial charge in [0.2, 0.25) is 5.91 Å². The Kier molecular flexibility index (Phi) is 7.14. The SMILES string of the molecule is CC(C)S(=O)(=O)c1ccc(CC(=O)N2CCN(c3ccc(N4CCOCC4)nn3)CC2)cc1. The summed E-state index contributed by atoms with van der Waals surface area (Å²) in [6.45, 7) is 9.02. The minimum absolute atomic E-state index is 0.0443. The summed E-state index contributed by atoms with van der Waals surface area (Å²) >= 11 is 0. The minimum Gasteiger partial charge on any atom is -0.378 e. The number of nitrogens with zero attached hydrogens (tertiary/aromatic N) is 5. The standard InChI is InChI=1S/C23H31N5O4S/c1-18(2)33(30,31)20-5-3-19(4-6-20)17-23(29)28-11-9-26(10-12-28)21-7-8-22(25-24-21)27-13-15-32-16-14-27/h3-8,18H,9-17H2,1-2H3. The highest BCUT2D eigenvalue weighted by atomic mass is 32.2. The number of amides is 1. The molecule has 1 aromatic heterocycles. The van der Waals surface area contributed by atoms with Crippen LogP contribution in [0.2, 0.25) is 0 Å². The van der Waals surface area contributed by atoms with E-state index in [0.717, 1.165) is 30.3 Å². The van der Waals surface area contributed by atoms with E-state index >= 15 is 0 Å². The number of morpholine rings is 1. The molecule has 1 aromatic carbocycles. The molecule has 9 nitrogen and oxygen atoms in total. The lowest BCUT2D eigenvalue weighted by molar-refractivity contribution is -0.130. The number of aromatic nitrogens is 2. The van der Waals surface area contributed by atoms with E-state index in [2.05, 4.69) is 20.0 Å². The molecular weight excluding hydrogens is 442 g/mol. The van der Waals surface area contributed by atoms with Gasteiger partial charge < -0.3 is 19.4 Å². The highest BCUT2D eigenvalue weighted by molar-refractivity contribution is 7.92. The second-order valence-corrected chi connectivity index (χ2v) is 11.1. The Morgan fingerprint density at radius 1 is 0.879 bits per heavy atom. The molecule has 2 aromatic rings. The van der Waals surface area contributed by atoms with E-state index in [9.17, 15) is 13.2 Å². The molecule has 1 amide bonds. The van der Waals surface area contributed by atoms with Crippen molar-refractivity contribution in [2.45, 2.75) is 30.4 Å². The molecule has 4 rings (SSSR count). The van der Waals surface area contributed by atoms with Crippen molar-refractivity contribution in [2.75, 3.05) is 62.3 Å². The zero-order valence-electron chi connectivity index (χ0n) is 19.2. The molecule has 0 aliphatic carbocycles. The summed E-state index contributed by atoms with van der Waals surface area (Å²) in [6.07, 6.45) is 0.260. The van der Waals surface area contributed by atoms with Crippen molar-refractivity contribution in [1.29, 1.82) is 0 Å². The molecule has 2 aliphatic heterocycles. The van der Waals surface area contributed by atoms with Gasteiger partial charge in [-0.25, -0.2) is 8.42 Å². The Labute approximate surface area is 195 Å². The lowest BCUT2D eigenvalue weighted by Crippen LogP contribution is -2.49. The Morgan fingerprint density at radius 3 is 1.94 bits per heavy atom. The van der Waals surface area contributed by atoms with Crippen LogP contribution in [-0.4, -0.2) is 87.2 Å². The molecule has 0 atom stereocenters. The van der Waals surface area contributed by atoms with Crippen molar-refractivity contribution in [1.82, 2.24) is 15.1 Å². The van der Waals surface area contributed by atoms with Crippen LogP contribution in [0.5, 0.6) is 0 Å². The first-order chi connectivity index (χ1) is 15.8. The Bertz CT molecular complexity index is 1040. The molecule has 33 heavy (non-hydrogen) atoms. The average molecular weight is 474 g/mol. The van der Waals surface area contributed by atoms with Crippen LogP contribution in [-0.2, 0) is 25.8 Å². The second-order valence-electron chi connectivity index (χ2n) is 8.63. The molecule has 0 N–H and O–H groups in total. The summed E-state index contributed by atoms with van der Waals surface area (Å²) in [6, 6.07) is 10.6. The highest BCUT2D eigenvalue weighted by Gasteiger charge is 2.23. The fourth-order valence-electron chi connectivity index (χ4n) is 3.99. The van der Waals surface area contributed by atoms with Crippen molar-refractivity contribution in [2.24, 2.45) is 0 Å². The van der Waals surface area contributed by atoms with Crippen LogP contribution >= 0.6 is 0 Å². The Balaban J connectivity index is 1.29. The van der Waals surface area contributed by atoms with E-state index in [0.29, 0.717) is 44.3 Å². The lowest BCUT2D eigenvalue weighted by atomic mass is 10.1. The summed E-state index contributed by atoms with van der Waals surface area (Å²) in [7, 11) is -3.30. The van der Waals surface area contributed by atoms with E-state index in [1.165, 1.54) is 0 Å². The number of hydrogen-bond donors (Lipinski definition) is 0. The number of rotatable bonds is 6. The molecule has 2 aliphatic rings. The van der Waals surface area contributed by atoms with Crippen molar-refractivity contribution < 1.29 is 17.9 Å². The normalized spacial score (nSPS) is 17.5. The van der Waals surface area contributed by atoms with Gasteiger partial charge >= 0.3 is 0 Å². The van der Waals surface area contributed by atoms with Crippen LogP contribution in [0.25, 0.3) is 0 Å². The molecule has 0 spiro atoms. The molecule has 0 saturated carbocycles. The molecule has 3 heterocycles. The summed E-state index contributed by atoms with van der Waals surface area (Å²) in [5.74, 6) is 1.73. The topological polar surface area (TPSA) is 95.9 Å². The van der Waals surface area contributed by atoms with Gasteiger partial charge in [0.05, 0.1) is 29.8 Å². The Hall–Kier alpha value is -2.72. The zero-order valence-corrected chi connectivity index (χ0v) is 20.0. The number of carbonyl (C=O) groups is 1.